The largest absolute Gasteiger partial charge is 0.352 e. The third kappa shape index (κ3) is 5.28. The van der Waals surface area contributed by atoms with E-state index in [9.17, 15) is 18.8 Å². The van der Waals surface area contributed by atoms with Crippen molar-refractivity contribution in [3.05, 3.63) is 35.6 Å². The van der Waals surface area contributed by atoms with Crippen LogP contribution in [-0.2, 0) is 9.59 Å². The Bertz CT molecular complexity index is 692. The van der Waals surface area contributed by atoms with Crippen LogP contribution in [0.4, 0.5) is 4.39 Å². The van der Waals surface area contributed by atoms with Gasteiger partial charge in [-0.05, 0) is 55.9 Å². The molecule has 0 aromatic heterocycles. The van der Waals surface area contributed by atoms with Crippen LogP contribution in [0, 0.1) is 11.7 Å². The first-order valence-electron chi connectivity index (χ1n) is 9.62. The lowest BCUT2D eigenvalue weighted by Crippen LogP contribution is -2.49. The first kappa shape index (κ1) is 19.3. The van der Waals surface area contributed by atoms with Crippen molar-refractivity contribution in [3.63, 3.8) is 0 Å². The van der Waals surface area contributed by atoms with Crippen LogP contribution >= 0.6 is 0 Å². The van der Waals surface area contributed by atoms with Gasteiger partial charge in [-0.25, -0.2) is 4.39 Å². The van der Waals surface area contributed by atoms with Crippen LogP contribution in [0.3, 0.4) is 0 Å². The average Bonchev–Trinajstić information content (AvgIpc) is 2.68. The lowest BCUT2D eigenvalue weighted by molar-refractivity contribution is -0.142. The normalized spacial score (nSPS) is 20.5. The number of carbonyl (C=O) groups is 3. The monoisotopic (exact) mass is 375 g/mol. The summed E-state index contributed by atoms with van der Waals surface area (Å²) in [6.07, 6.45) is 4.22. The second-order valence-corrected chi connectivity index (χ2v) is 7.34. The second kappa shape index (κ2) is 8.97. The molecular weight excluding hydrogens is 349 g/mol. The fraction of sp³-hybridized carbons (Fsp3) is 0.550. The summed E-state index contributed by atoms with van der Waals surface area (Å²) in [5.74, 6) is -0.378. The Balaban J connectivity index is 1.47. The van der Waals surface area contributed by atoms with Gasteiger partial charge < -0.3 is 15.1 Å². The van der Waals surface area contributed by atoms with Gasteiger partial charge in [0.25, 0.3) is 5.91 Å². The number of carbonyl (C=O) groups excluding carboxylic acids is 3. The standard InChI is InChI=1S/C20H26FN3O3/c21-17-8-6-16(7-9-17)20(27)22-12-15-4-3-11-23(13-15)19(26)14-24-10-2-1-5-18(24)25/h6-9,15H,1-5,10-14H2,(H,22,27). The molecule has 3 amide bonds. The van der Waals surface area contributed by atoms with Crippen molar-refractivity contribution in [1.82, 2.24) is 15.1 Å². The minimum Gasteiger partial charge on any atom is -0.352 e. The average molecular weight is 375 g/mol. The van der Waals surface area contributed by atoms with E-state index < -0.39 is 0 Å². The molecule has 2 aliphatic heterocycles. The van der Waals surface area contributed by atoms with E-state index in [2.05, 4.69) is 5.32 Å². The molecule has 2 heterocycles. The van der Waals surface area contributed by atoms with Crippen molar-refractivity contribution in [2.24, 2.45) is 5.92 Å². The van der Waals surface area contributed by atoms with Crippen molar-refractivity contribution in [3.8, 4) is 0 Å². The van der Waals surface area contributed by atoms with Gasteiger partial charge in [0.15, 0.2) is 0 Å². The molecule has 27 heavy (non-hydrogen) atoms. The number of halogens is 1. The summed E-state index contributed by atoms with van der Waals surface area (Å²) in [5, 5.41) is 2.87. The maximum Gasteiger partial charge on any atom is 0.251 e. The maximum atomic E-state index is 12.9. The van der Waals surface area contributed by atoms with Crippen molar-refractivity contribution in [1.29, 1.82) is 0 Å². The number of benzene rings is 1. The zero-order valence-corrected chi connectivity index (χ0v) is 15.5. The van der Waals surface area contributed by atoms with E-state index in [0.717, 1.165) is 25.7 Å². The van der Waals surface area contributed by atoms with E-state index in [0.29, 0.717) is 38.2 Å². The Hall–Kier alpha value is -2.44. The maximum absolute atomic E-state index is 12.9. The zero-order valence-electron chi connectivity index (χ0n) is 15.5. The molecule has 2 aliphatic rings. The highest BCUT2D eigenvalue weighted by Gasteiger charge is 2.27. The zero-order chi connectivity index (χ0) is 19.2. The van der Waals surface area contributed by atoms with Crippen LogP contribution in [0.15, 0.2) is 24.3 Å². The smallest absolute Gasteiger partial charge is 0.251 e. The lowest BCUT2D eigenvalue weighted by atomic mass is 9.97. The van der Waals surface area contributed by atoms with Crippen molar-refractivity contribution in [2.75, 3.05) is 32.7 Å². The van der Waals surface area contributed by atoms with Crippen LogP contribution in [0.1, 0.15) is 42.5 Å². The molecule has 1 N–H and O–H groups in total. The third-order valence-corrected chi connectivity index (χ3v) is 5.28. The number of nitrogens with zero attached hydrogens (tertiary/aromatic N) is 2. The van der Waals surface area contributed by atoms with Crippen LogP contribution in [0.25, 0.3) is 0 Å². The highest BCUT2D eigenvalue weighted by atomic mass is 19.1. The van der Waals surface area contributed by atoms with Gasteiger partial charge in [0.1, 0.15) is 5.82 Å². The Labute approximate surface area is 158 Å². The molecule has 0 radical (unpaired) electrons. The van der Waals surface area contributed by atoms with E-state index in [1.54, 1.807) is 9.80 Å². The first-order valence-corrected chi connectivity index (χ1v) is 9.62. The summed E-state index contributed by atoms with van der Waals surface area (Å²) in [7, 11) is 0. The molecule has 2 saturated heterocycles. The number of hydrogen-bond acceptors (Lipinski definition) is 3. The van der Waals surface area contributed by atoms with Gasteiger partial charge in [0.05, 0.1) is 6.54 Å². The Morgan fingerprint density at radius 3 is 2.63 bits per heavy atom. The molecule has 146 valence electrons. The SMILES string of the molecule is O=C(NCC1CCCN(C(=O)CN2CCCCC2=O)C1)c1ccc(F)cc1. The van der Waals surface area contributed by atoms with Crippen LogP contribution in [0.5, 0.6) is 0 Å². The van der Waals surface area contributed by atoms with E-state index >= 15 is 0 Å². The number of hydrogen-bond donors (Lipinski definition) is 1. The van der Waals surface area contributed by atoms with Crippen LogP contribution in [-0.4, -0.2) is 60.2 Å². The van der Waals surface area contributed by atoms with Crippen LogP contribution in [0.2, 0.25) is 0 Å². The fourth-order valence-corrected chi connectivity index (χ4v) is 3.69. The van der Waals surface area contributed by atoms with Gasteiger partial charge >= 0.3 is 0 Å². The Kier molecular flexibility index (Phi) is 6.42. The summed E-state index contributed by atoms with van der Waals surface area (Å²) in [5.41, 5.74) is 0.420. The van der Waals surface area contributed by atoms with Crippen molar-refractivity contribution in [2.45, 2.75) is 32.1 Å². The predicted octanol–water partition coefficient (Wildman–Crippen LogP) is 1.81. The summed E-state index contributed by atoms with van der Waals surface area (Å²) >= 11 is 0. The Morgan fingerprint density at radius 1 is 1.11 bits per heavy atom. The molecule has 1 atom stereocenters. The van der Waals surface area contributed by atoms with E-state index in [1.807, 2.05) is 0 Å². The highest BCUT2D eigenvalue weighted by Crippen LogP contribution is 2.17. The Morgan fingerprint density at radius 2 is 1.89 bits per heavy atom. The summed E-state index contributed by atoms with van der Waals surface area (Å²) in [6, 6.07) is 5.43. The number of likely N-dealkylation sites (tertiary alicyclic amines) is 2. The van der Waals surface area contributed by atoms with Gasteiger partial charge in [-0.15, -0.1) is 0 Å². The number of piperidine rings is 2. The molecule has 0 spiro atoms. The second-order valence-electron chi connectivity index (χ2n) is 7.34. The molecule has 1 aromatic rings. The minimum atomic E-state index is -0.375. The molecule has 1 aromatic carbocycles. The third-order valence-electron chi connectivity index (χ3n) is 5.28. The molecular formula is C20H26FN3O3. The fourth-order valence-electron chi connectivity index (χ4n) is 3.69. The summed E-state index contributed by atoms with van der Waals surface area (Å²) in [4.78, 5) is 40.1. The van der Waals surface area contributed by atoms with Crippen molar-refractivity contribution >= 4 is 17.7 Å². The molecule has 0 aliphatic carbocycles. The topological polar surface area (TPSA) is 69.7 Å². The van der Waals surface area contributed by atoms with Gasteiger partial charge in [-0.2, -0.15) is 0 Å². The van der Waals surface area contributed by atoms with Crippen LogP contribution < -0.4 is 5.32 Å². The minimum absolute atomic E-state index is 0.0141. The molecule has 6 nitrogen and oxygen atoms in total. The molecule has 0 saturated carbocycles. The quantitative estimate of drug-likeness (QED) is 0.853. The highest BCUT2D eigenvalue weighted by molar-refractivity contribution is 5.94. The number of nitrogens with one attached hydrogen (secondary N) is 1. The molecule has 7 heteroatoms. The molecule has 0 bridgehead atoms. The van der Waals surface area contributed by atoms with Crippen molar-refractivity contribution < 1.29 is 18.8 Å². The van der Waals surface area contributed by atoms with E-state index in [4.69, 9.17) is 0 Å². The number of rotatable bonds is 5. The van der Waals surface area contributed by atoms with Gasteiger partial charge in [-0.3, -0.25) is 14.4 Å². The predicted molar refractivity (Wildman–Crippen MR) is 98.5 cm³/mol. The van der Waals surface area contributed by atoms with E-state index in [-0.39, 0.29) is 36.0 Å². The molecule has 2 fully saturated rings. The van der Waals surface area contributed by atoms with Gasteiger partial charge in [0, 0.05) is 38.2 Å². The number of amides is 3. The lowest BCUT2D eigenvalue weighted by Gasteiger charge is -2.35. The molecule has 1 unspecified atom stereocenters. The first-order chi connectivity index (χ1) is 13.0. The molecule has 3 rings (SSSR count). The van der Waals surface area contributed by atoms with Gasteiger partial charge in [-0.1, -0.05) is 0 Å². The summed E-state index contributed by atoms with van der Waals surface area (Å²) < 4.78 is 12.9. The van der Waals surface area contributed by atoms with Gasteiger partial charge in [0.2, 0.25) is 11.8 Å². The van der Waals surface area contributed by atoms with E-state index in [1.165, 1.54) is 24.3 Å². The summed E-state index contributed by atoms with van der Waals surface area (Å²) in [6.45, 7) is 2.58.